The number of carbonyl (C=O) groups is 2. The van der Waals surface area contributed by atoms with Crippen molar-refractivity contribution in [2.24, 2.45) is 11.3 Å². The summed E-state index contributed by atoms with van der Waals surface area (Å²) in [7, 11) is -1.33. The fourth-order valence-corrected chi connectivity index (χ4v) is 3.93. The Morgan fingerprint density at radius 2 is 1.86 bits per heavy atom. The molecule has 0 amide bonds. The highest BCUT2D eigenvalue weighted by Gasteiger charge is 2.55. The Labute approximate surface area is 185 Å². The average molecular weight is 457 g/mol. The summed E-state index contributed by atoms with van der Waals surface area (Å²) in [6.45, 7) is 8.32. The van der Waals surface area contributed by atoms with Gasteiger partial charge in [-0.15, -0.1) is 24.8 Å². The first-order valence-electron chi connectivity index (χ1n) is 9.83. The van der Waals surface area contributed by atoms with Gasteiger partial charge in [-0.3, -0.25) is 4.79 Å². The van der Waals surface area contributed by atoms with Crippen LogP contribution < -0.4 is 10.6 Å². The smallest absolute Gasteiger partial charge is 0.427 e. The molecule has 0 bridgehead atoms. The van der Waals surface area contributed by atoms with E-state index in [-0.39, 0.29) is 43.1 Å². The summed E-state index contributed by atoms with van der Waals surface area (Å²) in [5.74, 6) is -0.722. The minimum Gasteiger partial charge on any atom is -0.427 e. The van der Waals surface area contributed by atoms with Crippen LogP contribution >= 0.6 is 24.8 Å². The third kappa shape index (κ3) is 7.26. The zero-order chi connectivity index (χ0) is 20.2. The molecule has 29 heavy (non-hydrogen) atoms. The summed E-state index contributed by atoms with van der Waals surface area (Å²) in [5, 5.41) is 24.8. The first-order chi connectivity index (χ1) is 12.6. The van der Waals surface area contributed by atoms with E-state index in [1.54, 1.807) is 27.7 Å². The molecular weight excluding hydrogens is 422 g/mol. The topological polar surface area (TPSA) is 117 Å². The molecule has 2 aliphatic rings. The van der Waals surface area contributed by atoms with E-state index < -0.39 is 36.3 Å². The van der Waals surface area contributed by atoms with Crippen LogP contribution in [0.4, 0.5) is 0 Å². The lowest BCUT2D eigenvalue weighted by Gasteiger charge is -2.34. The van der Waals surface area contributed by atoms with Gasteiger partial charge in [-0.05, 0) is 46.5 Å². The molecule has 2 heterocycles. The average Bonchev–Trinajstić information content (AvgIpc) is 3.13. The van der Waals surface area contributed by atoms with Crippen LogP contribution in [-0.4, -0.2) is 60.1 Å². The van der Waals surface area contributed by atoms with Crippen molar-refractivity contribution in [2.45, 2.75) is 77.6 Å². The highest BCUT2D eigenvalue weighted by Crippen LogP contribution is 2.38. The lowest BCUT2D eigenvalue weighted by Crippen LogP contribution is -2.54. The van der Waals surface area contributed by atoms with Gasteiger partial charge in [-0.2, -0.15) is 0 Å². The first kappa shape index (κ1) is 28.4. The zero-order valence-electron chi connectivity index (χ0n) is 17.6. The van der Waals surface area contributed by atoms with E-state index in [0.29, 0.717) is 25.8 Å². The normalized spacial score (nSPS) is 26.6. The first-order valence-corrected chi connectivity index (χ1v) is 9.83. The number of hydrogen-bond acceptors (Lipinski definition) is 8. The van der Waals surface area contributed by atoms with Crippen LogP contribution in [0, 0.1) is 11.3 Å². The van der Waals surface area contributed by atoms with Crippen molar-refractivity contribution in [1.29, 1.82) is 0 Å². The van der Waals surface area contributed by atoms with Gasteiger partial charge in [0.2, 0.25) is 6.29 Å². The molecule has 0 aromatic heterocycles. The fourth-order valence-electron chi connectivity index (χ4n) is 3.93. The van der Waals surface area contributed by atoms with Crippen LogP contribution in [0.25, 0.3) is 0 Å². The highest BCUT2D eigenvalue weighted by molar-refractivity contribution is 6.40. The molecule has 1 unspecified atom stereocenters. The second-order valence-electron chi connectivity index (χ2n) is 8.66. The number of unbranched alkanes of at least 4 members (excludes halogenated alkanes) is 1. The number of nitrogens with one attached hydrogen (secondary N) is 2. The van der Waals surface area contributed by atoms with Crippen molar-refractivity contribution >= 4 is 43.9 Å². The van der Waals surface area contributed by atoms with E-state index in [1.807, 2.05) is 0 Å². The standard InChI is InChI=1S/C18H33BN2O6.2ClH/c1-12(26-15(22)17(2,3)4)27-16(23)18(8-5-6-9-19(24)25)13-7-10-20-14(13)11-21-18;;/h12-14,20-21,24-25H,5-11H2,1-4H3;2*1H/t12?,13-,14-,18+;;/m0../s1. The van der Waals surface area contributed by atoms with Crippen molar-refractivity contribution in [3.63, 3.8) is 0 Å². The largest absolute Gasteiger partial charge is 0.451 e. The van der Waals surface area contributed by atoms with Gasteiger partial charge in [0.15, 0.2) is 0 Å². The van der Waals surface area contributed by atoms with Gasteiger partial charge in [0.05, 0.1) is 5.41 Å². The molecule has 11 heteroatoms. The number of fused-ring (bicyclic) bond motifs is 1. The van der Waals surface area contributed by atoms with E-state index in [0.717, 1.165) is 13.0 Å². The molecule has 2 saturated heterocycles. The van der Waals surface area contributed by atoms with Gasteiger partial charge in [-0.1, -0.05) is 12.8 Å². The minimum atomic E-state index is -1.33. The van der Waals surface area contributed by atoms with Gasteiger partial charge in [0.25, 0.3) is 0 Å². The molecule has 0 saturated carbocycles. The Bertz CT molecular complexity index is 549. The SMILES string of the molecule is CC(OC(=O)C(C)(C)C)OC(=O)[C@]1(CCCCB(O)O)NC[C@@H]2NCC[C@@H]21.Cl.Cl. The predicted molar refractivity (Wildman–Crippen MR) is 115 cm³/mol. The van der Waals surface area contributed by atoms with E-state index in [1.165, 1.54) is 0 Å². The Morgan fingerprint density at radius 1 is 1.21 bits per heavy atom. The molecule has 4 atom stereocenters. The van der Waals surface area contributed by atoms with Crippen molar-refractivity contribution in [1.82, 2.24) is 10.6 Å². The number of esters is 2. The Balaban J connectivity index is 0.00000392. The second kappa shape index (κ2) is 11.7. The van der Waals surface area contributed by atoms with Gasteiger partial charge >= 0.3 is 19.1 Å². The summed E-state index contributed by atoms with van der Waals surface area (Å²) >= 11 is 0. The maximum atomic E-state index is 13.1. The van der Waals surface area contributed by atoms with Gasteiger partial charge in [0, 0.05) is 25.4 Å². The maximum absolute atomic E-state index is 13.1. The van der Waals surface area contributed by atoms with Crippen molar-refractivity contribution < 1.29 is 29.1 Å². The van der Waals surface area contributed by atoms with Crippen LogP contribution in [0.5, 0.6) is 0 Å². The summed E-state index contributed by atoms with van der Waals surface area (Å²) in [4.78, 5) is 25.1. The molecule has 0 spiro atoms. The molecule has 0 radical (unpaired) electrons. The second-order valence-corrected chi connectivity index (χ2v) is 8.66. The fraction of sp³-hybridized carbons (Fsp3) is 0.889. The number of rotatable bonds is 8. The molecule has 8 nitrogen and oxygen atoms in total. The van der Waals surface area contributed by atoms with Crippen LogP contribution in [0.15, 0.2) is 0 Å². The molecular formula is C18H35BCl2N2O6. The van der Waals surface area contributed by atoms with Gasteiger partial charge in [-0.25, -0.2) is 4.79 Å². The Kier molecular flexibility index (Phi) is 11.5. The van der Waals surface area contributed by atoms with Crippen LogP contribution in [0.3, 0.4) is 0 Å². The van der Waals surface area contributed by atoms with E-state index in [2.05, 4.69) is 10.6 Å². The molecule has 170 valence electrons. The summed E-state index contributed by atoms with van der Waals surface area (Å²) in [5.41, 5.74) is -1.51. The summed E-state index contributed by atoms with van der Waals surface area (Å²) in [6.07, 6.45) is 1.99. The lowest BCUT2D eigenvalue weighted by molar-refractivity contribution is -0.195. The number of ether oxygens (including phenoxy) is 2. The van der Waals surface area contributed by atoms with E-state index in [4.69, 9.17) is 19.5 Å². The molecule has 0 aliphatic carbocycles. The molecule has 0 aromatic carbocycles. The summed E-state index contributed by atoms with van der Waals surface area (Å²) in [6, 6.07) is 0.216. The highest BCUT2D eigenvalue weighted by atomic mass is 35.5. The Hall–Kier alpha value is -0.575. The molecule has 2 aliphatic heterocycles. The predicted octanol–water partition coefficient (Wildman–Crippen LogP) is 1.27. The van der Waals surface area contributed by atoms with E-state index in [9.17, 15) is 9.59 Å². The van der Waals surface area contributed by atoms with Gasteiger partial charge in [0.1, 0.15) is 5.54 Å². The quantitative estimate of drug-likeness (QED) is 0.187. The minimum absolute atomic E-state index is 0. The van der Waals surface area contributed by atoms with Crippen molar-refractivity contribution in [3.05, 3.63) is 0 Å². The number of halogens is 2. The molecule has 2 fully saturated rings. The van der Waals surface area contributed by atoms with Crippen LogP contribution in [0.1, 0.15) is 53.4 Å². The van der Waals surface area contributed by atoms with Crippen LogP contribution in [0.2, 0.25) is 6.32 Å². The third-order valence-corrected chi connectivity index (χ3v) is 5.42. The third-order valence-electron chi connectivity index (χ3n) is 5.42. The van der Waals surface area contributed by atoms with Crippen LogP contribution in [-0.2, 0) is 19.1 Å². The van der Waals surface area contributed by atoms with Gasteiger partial charge < -0.3 is 30.2 Å². The molecule has 4 N–H and O–H groups in total. The van der Waals surface area contributed by atoms with Crippen molar-refractivity contribution in [2.75, 3.05) is 13.1 Å². The maximum Gasteiger partial charge on any atom is 0.451 e. The van der Waals surface area contributed by atoms with E-state index >= 15 is 0 Å². The van der Waals surface area contributed by atoms with Crippen molar-refractivity contribution in [3.8, 4) is 0 Å². The monoisotopic (exact) mass is 456 g/mol. The molecule has 2 rings (SSSR count). The zero-order valence-corrected chi connectivity index (χ0v) is 19.2. The summed E-state index contributed by atoms with van der Waals surface area (Å²) < 4.78 is 10.8. The molecule has 0 aromatic rings. The lowest BCUT2D eigenvalue weighted by atomic mass is 9.77. The number of hydrogen-bond donors (Lipinski definition) is 4. The number of carbonyl (C=O) groups excluding carboxylic acids is 2. The Morgan fingerprint density at radius 3 is 2.45 bits per heavy atom.